The first-order valence-corrected chi connectivity index (χ1v) is 21.7. The van der Waals surface area contributed by atoms with Gasteiger partial charge in [-0.25, -0.2) is 0 Å². The van der Waals surface area contributed by atoms with Gasteiger partial charge in [0.1, 0.15) is 11.2 Å². The minimum Gasteiger partial charge on any atom is -0.456 e. The lowest BCUT2D eigenvalue weighted by molar-refractivity contribution is -0.00518. The van der Waals surface area contributed by atoms with Crippen LogP contribution in [0.25, 0.3) is 33.1 Å². The van der Waals surface area contributed by atoms with Crippen molar-refractivity contribution >= 4 is 39.0 Å². The Labute approximate surface area is 332 Å². The second kappa shape index (κ2) is 13.8. The molecule has 5 aliphatic carbocycles. The van der Waals surface area contributed by atoms with Crippen LogP contribution in [0, 0.1) is 17.8 Å². The molecule has 0 spiro atoms. The lowest BCUT2D eigenvalue weighted by Gasteiger charge is -2.57. The molecule has 0 amide bonds. The van der Waals surface area contributed by atoms with Crippen LogP contribution in [-0.2, 0) is 10.8 Å². The molecular formula is C54H53NO. The van der Waals surface area contributed by atoms with Gasteiger partial charge in [0.15, 0.2) is 0 Å². The van der Waals surface area contributed by atoms with E-state index in [1.54, 1.807) is 5.56 Å². The molecule has 6 aromatic carbocycles. The molecule has 4 bridgehead atoms. The Morgan fingerprint density at radius 3 is 1.66 bits per heavy atom. The van der Waals surface area contributed by atoms with Crippen LogP contribution in [0.5, 0.6) is 0 Å². The van der Waals surface area contributed by atoms with E-state index in [2.05, 4.69) is 150 Å². The van der Waals surface area contributed by atoms with Crippen molar-refractivity contribution in [3.63, 3.8) is 0 Å². The van der Waals surface area contributed by atoms with Crippen molar-refractivity contribution in [1.82, 2.24) is 0 Å². The number of hydrogen-bond acceptors (Lipinski definition) is 2. The van der Waals surface area contributed by atoms with Gasteiger partial charge < -0.3 is 9.32 Å². The first kappa shape index (κ1) is 34.2. The van der Waals surface area contributed by atoms with Gasteiger partial charge in [-0.3, -0.25) is 0 Å². The molecule has 0 atom stereocenters. The van der Waals surface area contributed by atoms with E-state index in [0.717, 1.165) is 40.0 Å². The maximum atomic E-state index is 6.69. The molecular weight excluding hydrogens is 679 g/mol. The molecule has 1 aromatic heterocycles. The van der Waals surface area contributed by atoms with Crippen molar-refractivity contribution in [3.05, 3.63) is 162 Å². The van der Waals surface area contributed by atoms with Crippen LogP contribution in [0.3, 0.4) is 0 Å². The number of nitrogens with zero attached hydrogens (tertiary/aromatic N) is 1. The van der Waals surface area contributed by atoms with Crippen LogP contribution < -0.4 is 4.90 Å². The van der Waals surface area contributed by atoms with Crippen molar-refractivity contribution < 1.29 is 4.42 Å². The highest BCUT2D eigenvalue weighted by molar-refractivity contribution is 6.13. The van der Waals surface area contributed by atoms with Crippen LogP contribution in [-0.4, -0.2) is 0 Å². The summed E-state index contributed by atoms with van der Waals surface area (Å²) in [7, 11) is 0. The van der Waals surface area contributed by atoms with E-state index in [1.165, 1.54) is 122 Å². The van der Waals surface area contributed by atoms with E-state index in [-0.39, 0.29) is 5.41 Å². The molecule has 1 heterocycles. The minimum absolute atomic E-state index is 0.0498. The summed E-state index contributed by atoms with van der Waals surface area (Å²) in [6.45, 7) is 0. The average molecular weight is 732 g/mol. The fourth-order valence-corrected chi connectivity index (χ4v) is 12.6. The summed E-state index contributed by atoms with van der Waals surface area (Å²) in [5.41, 5.74) is 12.7. The normalized spacial score (nSPS) is 24.2. The van der Waals surface area contributed by atoms with Crippen LogP contribution >= 0.6 is 0 Å². The van der Waals surface area contributed by atoms with Crippen LogP contribution in [0.1, 0.15) is 100 Å². The zero-order valence-corrected chi connectivity index (χ0v) is 32.6. The van der Waals surface area contributed by atoms with Gasteiger partial charge >= 0.3 is 0 Å². The van der Waals surface area contributed by atoms with Gasteiger partial charge in [0, 0.05) is 39.3 Å². The van der Waals surface area contributed by atoms with Crippen molar-refractivity contribution in [2.45, 2.75) is 94.3 Å². The van der Waals surface area contributed by atoms with Gasteiger partial charge in [0.2, 0.25) is 0 Å². The van der Waals surface area contributed by atoms with Crippen molar-refractivity contribution in [2.75, 3.05) is 4.90 Å². The SMILES string of the molecule is c1ccc(-c2cccc3oc4cc(N(c5ccc(C67CC8CC(CC(C8)C6)C7)cc5)c5ccc(C6(c7ccccc7)CCCCCCC6)cc5)ccc4c23)cc1. The van der Waals surface area contributed by atoms with Crippen LogP contribution in [0.15, 0.2) is 150 Å². The van der Waals surface area contributed by atoms with Gasteiger partial charge in [-0.15, -0.1) is 0 Å². The molecule has 0 N–H and O–H groups in total. The zero-order valence-electron chi connectivity index (χ0n) is 32.6. The minimum atomic E-state index is 0.0498. The highest BCUT2D eigenvalue weighted by Gasteiger charge is 2.51. The second-order valence-electron chi connectivity index (χ2n) is 18.2. The Morgan fingerprint density at radius 1 is 0.464 bits per heavy atom. The topological polar surface area (TPSA) is 16.4 Å². The van der Waals surface area contributed by atoms with E-state index >= 15 is 0 Å². The third-order valence-corrected chi connectivity index (χ3v) is 14.8. The number of benzene rings is 6. The number of hydrogen-bond donors (Lipinski definition) is 0. The Bertz CT molecular complexity index is 2430. The first-order chi connectivity index (χ1) is 27.6. The molecule has 0 unspecified atom stereocenters. The fourth-order valence-electron chi connectivity index (χ4n) is 12.6. The molecule has 2 nitrogen and oxygen atoms in total. The summed E-state index contributed by atoms with van der Waals surface area (Å²) in [5.74, 6) is 2.81. The van der Waals surface area contributed by atoms with Crippen LogP contribution in [0.4, 0.5) is 17.1 Å². The monoisotopic (exact) mass is 731 g/mol. The lowest BCUT2D eigenvalue weighted by Crippen LogP contribution is -2.48. The highest BCUT2D eigenvalue weighted by atomic mass is 16.3. The predicted octanol–water partition coefficient (Wildman–Crippen LogP) is 15.2. The maximum Gasteiger partial charge on any atom is 0.137 e. The summed E-state index contributed by atoms with van der Waals surface area (Å²) in [4.78, 5) is 2.46. The van der Waals surface area contributed by atoms with Crippen molar-refractivity contribution in [2.24, 2.45) is 17.8 Å². The summed E-state index contributed by atoms with van der Waals surface area (Å²) >= 11 is 0. The number of furan rings is 1. The average Bonchev–Trinajstić information content (AvgIpc) is 3.60. The van der Waals surface area contributed by atoms with E-state index in [1.807, 2.05) is 0 Å². The van der Waals surface area contributed by atoms with Gasteiger partial charge in [-0.05, 0) is 145 Å². The third-order valence-electron chi connectivity index (χ3n) is 14.8. The molecule has 12 rings (SSSR count). The largest absolute Gasteiger partial charge is 0.456 e. The number of fused-ring (bicyclic) bond motifs is 3. The molecule has 0 saturated heterocycles. The van der Waals surface area contributed by atoms with Gasteiger partial charge in [-0.2, -0.15) is 0 Å². The summed E-state index contributed by atoms with van der Waals surface area (Å²) < 4.78 is 6.69. The molecule has 56 heavy (non-hydrogen) atoms. The smallest absolute Gasteiger partial charge is 0.137 e. The Hall–Kier alpha value is -5.08. The third kappa shape index (κ3) is 5.82. The van der Waals surface area contributed by atoms with E-state index in [4.69, 9.17) is 4.42 Å². The highest BCUT2D eigenvalue weighted by Crippen LogP contribution is 2.61. The summed E-state index contributed by atoms with van der Waals surface area (Å²) in [6, 6.07) is 54.9. The maximum absolute atomic E-state index is 6.69. The quantitative estimate of drug-likeness (QED) is 0.162. The standard InChI is InChI=1S/C54H53NO/c1-2-10-29-54(30-11-3-1,43-15-8-5-9-16-43)44-21-25-46(26-22-44)55(45-23-19-42(20-24-45)53-35-38-31-39(36-53)33-40(32-38)37-53)47-27-28-49-51(34-47)56-50-18-12-17-48(52(49)50)41-13-6-4-7-14-41/h4-9,12-28,34,38-40H,1-3,10-11,29-33,35-37H2. The zero-order chi connectivity index (χ0) is 37.1. The molecule has 0 radical (unpaired) electrons. The molecule has 5 aliphatic rings. The first-order valence-electron chi connectivity index (χ1n) is 21.7. The molecule has 0 aliphatic heterocycles. The van der Waals surface area contributed by atoms with Gasteiger partial charge in [0.25, 0.3) is 0 Å². The van der Waals surface area contributed by atoms with Gasteiger partial charge in [0.05, 0.1) is 0 Å². The van der Waals surface area contributed by atoms with E-state index in [9.17, 15) is 0 Å². The number of anilines is 3. The predicted molar refractivity (Wildman–Crippen MR) is 233 cm³/mol. The molecule has 280 valence electrons. The Balaban J connectivity index is 1.02. The molecule has 5 fully saturated rings. The second-order valence-corrected chi connectivity index (χ2v) is 18.2. The lowest BCUT2D eigenvalue weighted by atomic mass is 9.48. The molecule has 5 saturated carbocycles. The summed E-state index contributed by atoms with van der Waals surface area (Å²) in [5, 5.41) is 2.34. The molecule has 2 heteroatoms. The summed E-state index contributed by atoms with van der Waals surface area (Å²) in [6.07, 6.45) is 17.6. The van der Waals surface area contributed by atoms with Crippen molar-refractivity contribution in [1.29, 1.82) is 0 Å². The van der Waals surface area contributed by atoms with E-state index < -0.39 is 0 Å². The number of rotatable bonds is 7. The van der Waals surface area contributed by atoms with Crippen LogP contribution in [0.2, 0.25) is 0 Å². The van der Waals surface area contributed by atoms with Crippen molar-refractivity contribution in [3.8, 4) is 11.1 Å². The Morgan fingerprint density at radius 2 is 1.02 bits per heavy atom. The Kier molecular flexibility index (Phi) is 8.45. The molecule has 7 aromatic rings. The fraction of sp³-hybridized carbons (Fsp3) is 0.333. The van der Waals surface area contributed by atoms with E-state index in [0.29, 0.717) is 5.41 Å². The van der Waals surface area contributed by atoms with Gasteiger partial charge in [-0.1, -0.05) is 129 Å².